The predicted octanol–water partition coefficient (Wildman–Crippen LogP) is 4.44. The van der Waals surface area contributed by atoms with E-state index in [0.29, 0.717) is 16.6 Å². The third kappa shape index (κ3) is 3.65. The maximum Gasteiger partial charge on any atom is 0.233 e. The molecule has 0 aliphatic rings. The van der Waals surface area contributed by atoms with Gasteiger partial charge in [0.05, 0.1) is 11.4 Å². The Morgan fingerprint density at radius 3 is 2.76 bits per heavy atom. The van der Waals surface area contributed by atoms with Gasteiger partial charge in [-0.3, -0.25) is 4.40 Å². The molecule has 7 heteroatoms. The Balaban J connectivity index is 1.56. The zero-order valence-corrected chi connectivity index (χ0v) is 15.0. The Bertz CT molecular complexity index is 996. The Kier molecular flexibility index (Phi) is 4.38. The fourth-order valence-corrected chi connectivity index (χ4v) is 3.38. The summed E-state index contributed by atoms with van der Waals surface area (Å²) in [6.45, 7) is 1.97. The maximum atomic E-state index is 5.96. The number of aryl methyl sites for hydroxylation is 1. The topological polar surface area (TPSA) is 56.0 Å². The summed E-state index contributed by atoms with van der Waals surface area (Å²) in [4.78, 5) is 17.9. The number of fused-ring (bicyclic) bond motifs is 1. The standard InChI is InChI=1S/C18H14ClN5S/c1-12-9-16(13-3-5-14(19)6-4-13)23-18(21-12)25-11-15-10-24-8-2-7-20-17(24)22-15/h2-10H,11H2,1H3. The monoisotopic (exact) mass is 367 g/mol. The van der Waals surface area contributed by atoms with Crippen molar-refractivity contribution in [2.75, 3.05) is 0 Å². The number of thioether (sulfide) groups is 1. The minimum Gasteiger partial charge on any atom is -0.291 e. The number of benzene rings is 1. The Hall–Kier alpha value is -2.44. The van der Waals surface area contributed by atoms with Crippen molar-refractivity contribution in [3.63, 3.8) is 0 Å². The van der Waals surface area contributed by atoms with Crippen LogP contribution in [-0.2, 0) is 5.75 Å². The van der Waals surface area contributed by atoms with Crippen LogP contribution in [0.3, 0.4) is 0 Å². The fraction of sp³-hybridized carbons (Fsp3) is 0.111. The van der Waals surface area contributed by atoms with E-state index in [1.165, 1.54) is 0 Å². The lowest BCUT2D eigenvalue weighted by molar-refractivity contribution is 0.936. The van der Waals surface area contributed by atoms with Crippen molar-refractivity contribution in [2.45, 2.75) is 17.8 Å². The van der Waals surface area contributed by atoms with Crippen LogP contribution in [0.25, 0.3) is 17.0 Å². The van der Waals surface area contributed by atoms with Gasteiger partial charge in [-0.15, -0.1) is 0 Å². The van der Waals surface area contributed by atoms with Gasteiger partial charge in [-0.25, -0.2) is 19.9 Å². The molecule has 3 heterocycles. The molecule has 4 aromatic rings. The minimum absolute atomic E-state index is 0.687. The van der Waals surface area contributed by atoms with Crippen LogP contribution in [0.1, 0.15) is 11.4 Å². The van der Waals surface area contributed by atoms with Gasteiger partial charge in [0.2, 0.25) is 5.78 Å². The molecule has 3 aromatic heterocycles. The van der Waals surface area contributed by atoms with Crippen molar-refractivity contribution in [1.29, 1.82) is 0 Å². The van der Waals surface area contributed by atoms with Crippen LogP contribution in [0.4, 0.5) is 0 Å². The normalized spacial score (nSPS) is 11.1. The van der Waals surface area contributed by atoms with Gasteiger partial charge in [0.25, 0.3) is 0 Å². The highest BCUT2D eigenvalue weighted by atomic mass is 35.5. The molecule has 0 aliphatic heterocycles. The van der Waals surface area contributed by atoms with Gasteiger partial charge in [-0.05, 0) is 31.2 Å². The van der Waals surface area contributed by atoms with E-state index in [0.717, 1.165) is 27.8 Å². The quantitative estimate of drug-likeness (QED) is 0.394. The molecule has 0 bridgehead atoms. The van der Waals surface area contributed by atoms with E-state index in [1.54, 1.807) is 18.0 Å². The van der Waals surface area contributed by atoms with Crippen LogP contribution < -0.4 is 0 Å². The molecule has 0 spiro atoms. The largest absolute Gasteiger partial charge is 0.291 e. The lowest BCUT2D eigenvalue weighted by Gasteiger charge is -2.05. The number of nitrogens with zero attached hydrogens (tertiary/aromatic N) is 5. The van der Waals surface area contributed by atoms with Crippen molar-refractivity contribution in [3.8, 4) is 11.3 Å². The number of rotatable bonds is 4. The van der Waals surface area contributed by atoms with Crippen LogP contribution in [0, 0.1) is 6.92 Å². The molecule has 0 N–H and O–H groups in total. The van der Waals surface area contributed by atoms with Crippen LogP contribution >= 0.6 is 23.4 Å². The zero-order valence-electron chi connectivity index (χ0n) is 13.4. The summed E-state index contributed by atoms with van der Waals surface area (Å²) in [6.07, 6.45) is 5.65. The molecule has 25 heavy (non-hydrogen) atoms. The van der Waals surface area contributed by atoms with Crippen LogP contribution in [0.15, 0.2) is 60.1 Å². The van der Waals surface area contributed by atoms with Crippen molar-refractivity contribution < 1.29 is 0 Å². The molecule has 0 fully saturated rings. The van der Waals surface area contributed by atoms with Gasteiger partial charge >= 0.3 is 0 Å². The maximum absolute atomic E-state index is 5.96. The molecule has 124 valence electrons. The Morgan fingerprint density at radius 1 is 1.12 bits per heavy atom. The third-order valence-corrected chi connectivity index (χ3v) is 4.74. The average molecular weight is 368 g/mol. The SMILES string of the molecule is Cc1cc(-c2ccc(Cl)cc2)nc(SCc2cn3cccnc3n2)n1. The molecule has 1 aromatic carbocycles. The fourth-order valence-electron chi connectivity index (χ4n) is 2.46. The molecule has 4 rings (SSSR count). The highest BCUT2D eigenvalue weighted by molar-refractivity contribution is 7.98. The minimum atomic E-state index is 0.687. The average Bonchev–Trinajstić information content (AvgIpc) is 3.03. The van der Waals surface area contributed by atoms with Crippen LogP contribution in [0.2, 0.25) is 5.02 Å². The van der Waals surface area contributed by atoms with Gasteiger partial charge in [0, 0.05) is 40.6 Å². The first-order chi connectivity index (χ1) is 12.2. The molecular formula is C18H14ClN5S. The number of hydrogen-bond acceptors (Lipinski definition) is 5. The number of aromatic nitrogens is 5. The van der Waals surface area contributed by atoms with E-state index in [-0.39, 0.29) is 0 Å². The smallest absolute Gasteiger partial charge is 0.233 e. The summed E-state index contributed by atoms with van der Waals surface area (Å²) in [6, 6.07) is 11.5. The lowest BCUT2D eigenvalue weighted by Crippen LogP contribution is -1.94. The second kappa shape index (κ2) is 6.82. The van der Waals surface area contributed by atoms with Gasteiger partial charge in [-0.1, -0.05) is 35.5 Å². The molecule has 0 atom stereocenters. The first-order valence-electron chi connectivity index (χ1n) is 7.70. The molecule has 5 nitrogen and oxygen atoms in total. The van der Waals surface area contributed by atoms with E-state index in [1.807, 2.05) is 60.1 Å². The molecule has 0 aliphatic carbocycles. The van der Waals surface area contributed by atoms with Gasteiger partial charge < -0.3 is 0 Å². The number of hydrogen-bond donors (Lipinski definition) is 0. The summed E-state index contributed by atoms with van der Waals surface area (Å²) in [7, 11) is 0. The first kappa shape index (κ1) is 16.1. The Morgan fingerprint density at radius 2 is 1.96 bits per heavy atom. The van der Waals surface area contributed by atoms with Crippen molar-refractivity contribution in [1.82, 2.24) is 24.3 Å². The van der Waals surface area contributed by atoms with E-state index in [2.05, 4.69) is 19.9 Å². The van der Waals surface area contributed by atoms with E-state index < -0.39 is 0 Å². The van der Waals surface area contributed by atoms with E-state index in [4.69, 9.17) is 11.6 Å². The number of halogens is 1. The summed E-state index contributed by atoms with van der Waals surface area (Å²) < 4.78 is 1.91. The molecule has 0 amide bonds. The zero-order chi connectivity index (χ0) is 17.2. The van der Waals surface area contributed by atoms with E-state index in [9.17, 15) is 0 Å². The molecule has 0 saturated heterocycles. The predicted molar refractivity (Wildman–Crippen MR) is 99.8 cm³/mol. The highest BCUT2D eigenvalue weighted by Gasteiger charge is 2.08. The molecule has 0 unspecified atom stereocenters. The van der Waals surface area contributed by atoms with Gasteiger partial charge in [0.15, 0.2) is 5.16 Å². The first-order valence-corrected chi connectivity index (χ1v) is 9.07. The van der Waals surface area contributed by atoms with Crippen molar-refractivity contribution in [3.05, 3.63) is 71.4 Å². The molecule has 0 radical (unpaired) electrons. The van der Waals surface area contributed by atoms with Gasteiger partial charge in [-0.2, -0.15) is 0 Å². The summed E-state index contributed by atoms with van der Waals surface area (Å²) in [5, 5.41) is 1.44. The summed E-state index contributed by atoms with van der Waals surface area (Å²) in [5.74, 6) is 1.39. The molecular weight excluding hydrogens is 354 g/mol. The number of imidazole rings is 1. The summed E-state index contributed by atoms with van der Waals surface area (Å²) in [5.41, 5.74) is 3.79. The second-order valence-corrected chi connectivity index (χ2v) is 6.91. The summed E-state index contributed by atoms with van der Waals surface area (Å²) >= 11 is 7.52. The van der Waals surface area contributed by atoms with Crippen molar-refractivity contribution >= 4 is 29.1 Å². The third-order valence-electron chi connectivity index (χ3n) is 3.61. The van der Waals surface area contributed by atoms with E-state index >= 15 is 0 Å². The van der Waals surface area contributed by atoms with Crippen molar-refractivity contribution in [2.24, 2.45) is 0 Å². The lowest BCUT2D eigenvalue weighted by atomic mass is 10.1. The molecule has 0 saturated carbocycles. The Labute approximate surface area is 154 Å². The highest BCUT2D eigenvalue weighted by Crippen LogP contribution is 2.25. The van der Waals surface area contributed by atoms with Crippen LogP contribution in [0.5, 0.6) is 0 Å². The van der Waals surface area contributed by atoms with Gasteiger partial charge in [0.1, 0.15) is 0 Å². The van der Waals surface area contributed by atoms with Crippen LogP contribution in [-0.4, -0.2) is 24.3 Å². The second-order valence-electron chi connectivity index (χ2n) is 5.53.